The van der Waals surface area contributed by atoms with E-state index in [1.807, 2.05) is 0 Å². The van der Waals surface area contributed by atoms with Gasteiger partial charge in [-0.15, -0.1) is 0 Å². The molecule has 20 heavy (non-hydrogen) atoms. The van der Waals surface area contributed by atoms with E-state index < -0.39 is 0 Å². The first kappa shape index (κ1) is 19.4. The molecule has 0 bridgehead atoms. The van der Waals surface area contributed by atoms with Gasteiger partial charge in [0, 0.05) is 0 Å². The second kappa shape index (κ2) is 18.4. The van der Waals surface area contributed by atoms with Crippen LogP contribution in [-0.2, 0) is 4.79 Å². The summed E-state index contributed by atoms with van der Waals surface area (Å²) < 4.78 is 0. The number of isocyanates is 1. The first-order valence-corrected chi connectivity index (χ1v) is 8.80. The number of hydrogen-bond acceptors (Lipinski definition) is 2. The van der Waals surface area contributed by atoms with Crippen molar-refractivity contribution >= 4 is 6.08 Å². The zero-order valence-electron chi connectivity index (χ0n) is 13.5. The first-order valence-electron chi connectivity index (χ1n) is 8.80. The second-order valence-electron chi connectivity index (χ2n) is 5.79. The monoisotopic (exact) mass is 280 g/mol. The Balaban J connectivity index is 2.94. The van der Waals surface area contributed by atoms with Gasteiger partial charge >= 0.3 is 0 Å². The fraction of sp³-hybridized carbons (Fsp3) is 0.889. The Kier molecular flexibility index (Phi) is 17.8. The average Bonchev–Trinajstić information content (AvgIpc) is 2.47. The van der Waals surface area contributed by atoms with Gasteiger partial charge < -0.3 is 0 Å². The largest absolute Gasteiger partial charge is 0.235 e. The molecule has 0 N–H and O–H groups in total. The second-order valence-corrected chi connectivity index (χ2v) is 5.79. The minimum atomic E-state index is 0.924. The van der Waals surface area contributed by atoms with Gasteiger partial charge in [0.1, 0.15) is 0 Å². The SMILES string of the molecule is CCCCCCCCCCCCCCCC[CH]N=C=O. The summed E-state index contributed by atoms with van der Waals surface area (Å²) in [7, 11) is 0. The van der Waals surface area contributed by atoms with Crippen molar-refractivity contribution in [3.63, 3.8) is 0 Å². The number of carbonyl (C=O) groups excluding carboxylic acids is 1. The lowest BCUT2D eigenvalue weighted by Gasteiger charge is -2.02. The first-order chi connectivity index (χ1) is 9.91. The van der Waals surface area contributed by atoms with Crippen molar-refractivity contribution in [3.05, 3.63) is 6.54 Å². The third-order valence-electron chi connectivity index (χ3n) is 3.83. The number of rotatable bonds is 16. The Bertz CT molecular complexity index is 221. The van der Waals surface area contributed by atoms with Crippen LogP contribution in [0.3, 0.4) is 0 Å². The standard InChI is InChI=1S/C18H34NO/c1-2-3-4-5-6-7-8-9-10-11-12-13-14-15-16-17-19-18-20/h17H,2-16H2,1H3. The van der Waals surface area contributed by atoms with Gasteiger partial charge in [0.2, 0.25) is 6.08 Å². The zero-order valence-corrected chi connectivity index (χ0v) is 13.5. The Morgan fingerprint density at radius 3 is 1.50 bits per heavy atom. The third kappa shape index (κ3) is 17.4. The molecule has 0 rings (SSSR count). The van der Waals surface area contributed by atoms with Crippen LogP contribution >= 0.6 is 0 Å². The van der Waals surface area contributed by atoms with Crippen molar-refractivity contribution in [3.8, 4) is 0 Å². The van der Waals surface area contributed by atoms with E-state index >= 15 is 0 Å². The minimum absolute atomic E-state index is 0.924. The van der Waals surface area contributed by atoms with Crippen LogP contribution in [0.1, 0.15) is 103 Å². The van der Waals surface area contributed by atoms with Crippen LogP contribution in [0.2, 0.25) is 0 Å². The van der Waals surface area contributed by atoms with E-state index in [-0.39, 0.29) is 0 Å². The fourth-order valence-corrected chi connectivity index (χ4v) is 2.53. The molecule has 117 valence electrons. The molecule has 0 spiro atoms. The van der Waals surface area contributed by atoms with Crippen LogP contribution in [0.25, 0.3) is 0 Å². The van der Waals surface area contributed by atoms with Crippen molar-refractivity contribution in [2.45, 2.75) is 103 Å². The van der Waals surface area contributed by atoms with Crippen LogP contribution in [-0.4, -0.2) is 6.08 Å². The molecule has 1 radical (unpaired) electrons. The van der Waals surface area contributed by atoms with Gasteiger partial charge in [0.25, 0.3) is 0 Å². The van der Waals surface area contributed by atoms with E-state index in [0.717, 1.165) is 12.8 Å². The molecule has 0 heterocycles. The Morgan fingerprint density at radius 1 is 0.700 bits per heavy atom. The molecule has 0 aliphatic rings. The number of nitrogens with zero attached hydrogens (tertiary/aromatic N) is 1. The number of unbranched alkanes of at least 4 members (excludes halogenated alkanes) is 14. The maximum atomic E-state index is 9.83. The summed E-state index contributed by atoms with van der Waals surface area (Å²) in [6.07, 6.45) is 21.8. The molecule has 0 unspecified atom stereocenters. The summed E-state index contributed by atoms with van der Waals surface area (Å²) in [5, 5.41) is 0. The van der Waals surface area contributed by atoms with E-state index in [1.54, 1.807) is 6.54 Å². The normalized spacial score (nSPS) is 10.4. The molecule has 0 aliphatic carbocycles. The van der Waals surface area contributed by atoms with Crippen LogP contribution in [0.4, 0.5) is 0 Å². The van der Waals surface area contributed by atoms with Gasteiger partial charge in [0.05, 0.1) is 6.54 Å². The van der Waals surface area contributed by atoms with Gasteiger partial charge in [-0.05, 0) is 6.42 Å². The van der Waals surface area contributed by atoms with Gasteiger partial charge in [-0.25, -0.2) is 9.79 Å². The quantitative estimate of drug-likeness (QED) is 0.184. The van der Waals surface area contributed by atoms with Crippen molar-refractivity contribution in [1.82, 2.24) is 0 Å². The Labute approximate surface area is 126 Å². The van der Waals surface area contributed by atoms with Crippen LogP contribution in [0.15, 0.2) is 4.99 Å². The van der Waals surface area contributed by atoms with E-state index in [2.05, 4.69) is 11.9 Å². The molecule has 0 aromatic heterocycles. The molecule has 0 saturated heterocycles. The molecule has 0 saturated carbocycles. The highest BCUT2D eigenvalue weighted by Gasteiger charge is 1.94. The van der Waals surface area contributed by atoms with Crippen molar-refractivity contribution in [2.24, 2.45) is 4.99 Å². The lowest BCUT2D eigenvalue weighted by atomic mass is 10.0. The lowest BCUT2D eigenvalue weighted by Crippen LogP contribution is -1.83. The molecule has 0 fully saturated rings. The topological polar surface area (TPSA) is 29.4 Å². The number of hydrogen-bond donors (Lipinski definition) is 0. The van der Waals surface area contributed by atoms with Gasteiger partial charge in [-0.1, -0.05) is 96.8 Å². The molecule has 0 aromatic carbocycles. The maximum Gasteiger partial charge on any atom is 0.235 e. The van der Waals surface area contributed by atoms with E-state index in [4.69, 9.17) is 0 Å². The average molecular weight is 280 g/mol. The van der Waals surface area contributed by atoms with E-state index in [9.17, 15) is 4.79 Å². The number of aliphatic imine (C=N–C) groups is 1. The molecule has 0 aromatic rings. The summed E-state index contributed by atoms with van der Waals surface area (Å²) in [5.41, 5.74) is 0. The molecular formula is C18H34NO. The summed E-state index contributed by atoms with van der Waals surface area (Å²) in [6, 6.07) is 0. The van der Waals surface area contributed by atoms with Crippen LogP contribution < -0.4 is 0 Å². The maximum absolute atomic E-state index is 9.83. The van der Waals surface area contributed by atoms with Crippen molar-refractivity contribution in [2.75, 3.05) is 0 Å². The predicted octanol–water partition coefficient (Wildman–Crippen LogP) is 6.36. The summed E-state index contributed by atoms with van der Waals surface area (Å²) >= 11 is 0. The molecule has 0 atom stereocenters. The highest BCUT2D eigenvalue weighted by atomic mass is 16.1. The summed E-state index contributed by atoms with van der Waals surface area (Å²) in [4.78, 5) is 13.3. The fourth-order valence-electron chi connectivity index (χ4n) is 2.53. The molecule has 2 nitrogen and oxygen atoms in total. The molecular weight excluding hydrogens is 246 g/mol. The van der Waals surface area contributed by atoms with Crippen molar-refractivity contribution in [1.29, 1.82) is 0 Å². The Morgan fingerprint density at radius 2 is 1.10 bits per heavy atom. The predicted molar refractivity (Wildman–Crippen MR) is 87.4 cm³/mol. The smallest absolute Gasteiger partial charge is 0.211 e. The molecule has 2 heteroatoms. The van der Waals surface area contributed by atoms with Crippen LogP contribution in [0.5, 0.6) is 0 Å². The zero-order chi connectivity index (χ0) is 14.7. The highest BCUT2D eigenvalue weighted by molar-refractivity contribution is 5.33. The Hall–Kier alpha value is -0.620. The van der Waals surface area contributed by atoms with Crippen LogP contribution in [0, 0.1) is 6.54 Å². The molecule has 0 amide bonds. The van der Waals surface area contributed by atoms with E-state index in [1.165, 1.54) is 89.6 Å². The molecule has 0 aliphatic heterocycles. The van der Waals surface area contributed by atoms with E-state index in [0.29, 0.717) is 0 Å². The van der Waals surface area contributed by atoms with Gasteiger partial charge in [0.15, 0.2) is 0 Å². The lowest BCUT2D eigenvalue weighted by molar-refractivity contribution is 0.535. The van der Waals surface area contributed by atoms with Gasteiger partial charge in [-0.3, -0.25) is 0 Å². The highest BCUT2D eigenvalue weighted by Crippen LogP contribution is 2.13. The third-order valence-corrected chi connectivity index (χ3v) is 3.83. The minimum Gasteiger partial charge on any atom is -0.211 e. The summed E-state index contributed by atoms with van der Waals surface area (Å²) in [6.45, 7) is 3.95. The summed E-state index contributed by atoms with van der Waals surface area (Å²) in [5.74, 6) is 0. The van der Waals surface area contributed by atoms with Gasteiger partial charge in [-0.2, -0.15) is 0 Å². The van der Waals surface area contributed by atoms with Crippen molar-refractivity contribution < 1.29 is 4.79 Å².